The van der Waals surface area contributed by atoms with Crippen LogP contribution < -0.4 is 0 Å². The Morgan fingerprint density at radius 2 is 1.17 bits per heavy atom. The van der Waals surface area contributed by atoms with E-state index in [9.17, 15) is 0 Å². The molecule has 0 amide bonds. The minimum absolute atomic E-state index is 0.219. The molecule has 0 bridgehead atoms. The minimum atomic E-state index is -2.09. The lowest BCUT2D eigenvalue weighted by atomic mass is 10.1. The van der Waals surface area contributed by atoms with Gasteiger partial charge in [0.1, 0.15) is 23.7 Å². The van der Waals surface area contributed by atoms with Gasteiger partial charge in [0.05, 0.1) is 19.8 Å². The van der Waals surface area contributed by atoms with Crippen LogP contribution in [0.1, 0.15) is 58.2 Å². The molecule has 6 heteroatoms. The number of aryl methyl sites for hydroxylation is 1. The monoisotopic (exact) mass is 592 g/mol. The lowest BCUT2D eigenvalue weighted by molar-refractivity contribution is -0.0809. The average Bonchev–Trinajstić information content (AvgIpc) is 3.28. The van der Waals surface area contributed by atoms with E-state index in [4.69, 9.17) is 18.6 Å². The third-order valence-corrected chi connectivity index (χ3v) is 15.6. The highest BCUT2D eigenvalue weighted by Gasteiger charge is 2.50. The molecule has 0 N–H and O–H groups in total. The van der Waals surface area contributed by atoms with Gasteiger partial charge in [0.25, 0.3) is 0 Å². The molecule has 1 fully saturated rings. The topological polar surface area (TPSA) is 36.9 Å². The van der Waals surface area contributed by atoms with E-state index < -0.39 is 8.32 Å². The first-order valence-corrected chi connectivity index (χ1v) is 18.1. The molecule has 1 aliphatic rings. The van der Waals surface area contributed by atoms with E-state index in [1.807, 2.05) is 12.1 Å². The summed E-state index contributed by atoms with van der Waals surface area (Å²) in [5, 5.41) is 0. The van der Waals surface area contributed by atoms with Gasteiger partial charge in [-0.3, -0.25) is 0 Å². The quantitative estimate of drug-likeness (QED) is 0.174. The fourth-order valence-corrected chi connectivity index (χ4v) is 12.9. The van der Waals surface area contributed by atoms with Crippen molar-refractivity contribution in [2.45, 2.75) is 107 Å². The molecule has 1 saturated heterocycles. The van der Waals surface area contributed by atoms with Crippen LogP contribution in [0.2, 0.25) is 16.6 Å². The van der Waals surface area contributed by atoms with Crippen molar-refractivity contribution in [2.24, 2.45) is 0 Å². The van der Waals surface area contributed by atoms with Gasteiger partial charge < -0.3 is 18.6 Å². The summed E-state index contributed by atoms with van der Waals surface area (Å²) in [4.78, 5) is 1.16. The number of benzene rings is 3. The van der Waals surface area contributed by atoms with Crippen molar-refractivity contribution in [3.63, 3.8) is 0 Å². The maximum atomic E-state index is 7.07. The molecule has 1 aliphatic heterocycles. The van der Waals surface area contributed by atoms with E-state index in [0.717, 1.165) is 16.0 Å². The standard InChI is InChI=1S/C35H48O4SSi/c1-25(2)41(26(3)4,27(5)6)38-24-32-33(36-22-29-14-10-8-11-15-29)34(37-23-30-16-12-9-13-17-30)35(39-32)40-31-20-18-28(7)19-21-31/h8-21,25-27,32-35H,22-24H2,1-7H3/t32-,33-,34-,35+/m1/s1. The molecule has 4 rings (SSSR count). The van der Waals surface area contributed by atoms with Gasteiger partial charge in [0, 0.05) is 4.90 Å². The Morgan fingerprint density at radius 1 is 0.683 bits per heavy atom. The number of ether oxygens (including phenoxy) is 3. The van der Waals surface area contributed by atoms with Crippen molar-refractivity contribution in [1.82, 2.24) is 0 Å². The average molecular weight is 593 g/mol. The maximum absolute atomic E-state index is 7.07. The summed E-state index contributed by atoms with van der Waals surface area (Å²) in [5.41, 5.74) is 4.79. The highest BCUT2D eigenvalue weighted by atomic mass is 32.2. The van der Waals surface area contributed by atoms with Crippen molar-refractivity contribution < 1.29 is 18.6 Å². The van der Waals surface area contributed by atoms with Crippen LogP contribution in [0.4, 0.5) is 0 Å². The Balaban J connectivity index is 1.62. The summed E-state index contributed by atoms with van der Waals surface area (Å²) in [7, 11) is -2.09. The normalized spacial score (nSPS) is 21.3. The van der Waals surface area contributed by atoms with E-state index in [0.29, 0.717) is 36.4 Å². The zero-order valence-corrected chi connectivity index (χ0v) is 27.6. The Morgan fingerprint density at radius 3 is 1.66 bits per heavy atom. The van der Waals surface area contributed by atoms with E-state index >= 15 is 0 Å². The van der Waals surface area contributed by atoms with Gasteiger partial charge >= 0.3 is 0 Å². The van der Waals surface area contributed by atoms with Gasteiger partial charge in [-0.15, -0.1) is 0 Å². The maximum Gasteiger partial charge on any atom is 0.200 e. The molecule has 3 aromatic carbocycles. The van der Waals surface area contributed by atoms with Crippen molar-refractivity contribution in [2.75, 3.05) is 6.61 Å². The zero-order chi connectivity index (χ0) is 29.4. The summed E-state index contributed by atoms with van der Waals surface area (Å²) in [5.74, 6) is 0. The Hall–Kier alpha value is -1.93. The predicted octanol–water partition coefficient (Wildman–Crippen LogP) is 9.17. The van der Waals surface area contributed by atoms with Crippen molar-refractivity contribution in [1.29, 1.82) is 0 Å². The lowest BCUT2D eigenvalue weighted by Crippen LogP contribution is -2.50. The van der Waals surface area contributed by atoms with Gasteiger partial charge in [-0.25, -0.2) is 0 Å². The van der Waals surface area contributed by atoms with Crippen LogP contribution in [-0.2, 0) is 31.9 Å². The van der Waals surface area contributed by atoms with Crippen molar-refractivity contribution in [3.8, 4) is 0 Å². The van der Waals surface area contributed by atoms with Gasteiger partial charge in [0.15, 0.2) is 8.32 Å². The summed E-state index contributed by atoms with van der Waals surface area (Å²) < 4.78 is 27.3. The van der Waals surface area contributed by atoms with Crippen LogP contribution >= 0.6 is 11.8 Å². The predicted molar refractivity (Wildman–Crippen MR) is 173 cm³/mol. The fourth-order valence-electron chi connectivity index (χ4n) is 6.31. The van der Waals surface area contributed by atoms with Gasteiger partial charge in [0.2, 0.25) is 0 Å². The number of hydrogen-bond acceptors (Lipinski definition) is 5. The first kappa shape index (κ1) is 32.0. The van der Waals surface area contributed by atoms with Crippen molar-refractivity contribution >= 4 is 20.1 Å². The second-order valence-corrected chi connectivity index (χ2v) is 18.8. The molecule has 222 valence electrons. The molecule has 0 saturated carbocycles. The van der Waals surface area contributed by atoms with Crippen molar-refractivity contribution in [3.05, 3.63) is 102 Å². The molecule has 0 aromatic heterocycles. The molecule has 0 unspecified atom stereocenters. The Labute approximate surface area is 253 Å². The number of thioether (sulfide) groups is 1. The number of rotatable bonds is 14. The van der Waals surface area contributed by atoms with Gasteiger partial charge in [-0.05, 0) is 46.8 Å². The summed E-state index contributed by atoms with van der Waals surface area (Å²) >= 11 is 1.71. The zero-order valence-electron chi connectivity index (χ0n) is 25.8. The minimum Gasteiger partial charge on any atom is -0.413 e. The smallest absolute Gasteiger partial charge is 0.200 e. The van der Waals surface area contributed by atoms with Crippen LogP contribution in [0.15, 0.2) is 89.8 Å². The third kappa shape index (κ3) is 8.13. The Bertz CT molecular complexity index is 1150. The molecule has 41 heavy (non-hydrogen) atoms. The van der Waals surface area contributed by atoms with Crippen LogP contribution in [0, 0.1) is 6.92 Å². The van der Waals surface area contributed by atoms with E-state index in [1.54, 1.807) is 11.8 Å². The van der Waals surface area contributed by atoms with Crippen LogP contribution in [0.25, 0.3) is 0 Å². The molecular formula is C35H48O4SSi. The Kier molecular flexibility index (Phi) is 11.7. The molecule has 3 aromatic rings. The van der Waals surface area contributed by atoms with Gasteiger partial charge in [-0.2, -0.15) is 0 Å². The number of hydrogen-bond donors (Lipinski definition) is 0. The molecular weight excluding hydrogens is 545 g/mol. The molecule has 0 aliphatic carbocycles. The molecule has 0 radical (unpaired) electrons. The molecule has 4 nitrogen and oxygen atoms in total. The molecule has 0 spiro atoms. The molecule has 4 atom stereocenters. The summed E-state index contributed by atoms with van der Waals surface area (Å²) in [6.45, 7) is 17.6. The van der Waals surface area contributed by atoms with Gasteiger partial charge in [-0.1, -0.05) is 132 Å². The fraction of sp³-hybridized carbons (Fsp3) is 0.486. The van der Waals surface area contributed by atoms with E-state index in [1.165, 1.54) is 5.56 Å². The second-order valence-electron chi connectivity index (χ2n) is 12.1. The second kappa shape index (κ2) is 15.0. The van der Waals surface area contributed by atoms with E-state index in [2.05, 4.69) is 121 Å². The molecule has 1 heterocycles. The third-order valence-electron chi connectivity index (χ3n) is 8.32. The van der Waals surface area contributed by atoms with E-state index in [-0.39, 0.29) is 23.7 Å². The largest absolute Gasteiger partial charge is 0.413 e. The van der Waals surface area contributed by atoms with Crippen LogP contribution in [0.3, 0.4) is 0 Å². The summed E-state index contributed by atoms with van der Waals surface area (Å²) in [6.07, 6.45) is -0.752. The lowest BCUT2D eigenvalue weighted by Gasteiger charge is -2.43. The first-order valence-electron chi connectivity index (χ1n) is 15.0. The van der Waals surface area contributed by atoms with Crippen LogP contribution in [0.5, 0.6) is 0 Å². The first-order chi connectivity index (χ1) is 19.7. The summed E-state index contributed by atoms with van der Waals surface area (Å²) in [6, 6.07) is 29.3. The van der Waals surface area contributed by atoms with Crippen LogP contribution in [-0.4, -0.2) is 38.7 Å². The highest BCUT2D eigenvalue weighted by molar-refractivity contribution is 7.99. The SMILES string of the molecule is Cc1ccc(S[C@@H]2O[C@H](CO[Si](C(C)C)(C(C)C)C(C)C)[C@@H](OCc3ccccc3)[C@H]2OCc2ccccc2)cc1. The highest BCUT2D eigenvalue weighted by Crippen LogP contribution is 2.44.